The third-order valence-electron chi connectivity index (χ3n) is 3.42. The number of phenols is 1. The summed E-state index contributed by atoms with van der Waals surface area (Å²) in [6.07, 6.45) is 0.892. The molecule has 2 N–H and O–H groups in total. The molecule has 0 aliphatic heterocycles. The monoisotopic (exact) mass is 278 g/mol. The minimum Gasteiger partial charge on any atom is -0.507 e. The van der Waals surface area contributed by atoms with Crippen molar-refractivity contribution in [2.45, 2.75) is 59.8 Å². The van der Waals surface area contributed by atoms with Gasteiger partial charge in [-0.15, -0.1) is 0 Å². The molecule has 1 aromatic carbocycles. The van der Waals surface area contributed by atoms with E-state index < -0.39 is 5.97 Å². The van der Waals surface area contributed by atoms with Crippen molar-refractivity contribution in [3.8, 4) is 5.75 Å². The fourth-order valence-corrected chi connectivity index (χ4v) is 3.07. The van der Waals surface area contributed by atoms with E-state index in [-0.39, 0.29) is 23.0 Å². The smallest absolute Gasteiger partial charge is 0.307 e. The predicted octanol–water partition coefficient (Wildman–Crippen LogP) is 4.04. The van der Waals surface area contributed by atoms with Crippen LogP contribution in [0.1, 0.15) is 57.7 Å². The molecule has 0 amide bonds. The minimum atomic E-state index is -0.852. The number of aliphatic carboxylic acids is 1. The fourth-order valence-electron chi connectivity index (χ4n) is 3.07. The van der Waals surface area contributed by atoms with Gasteiger partial charge >= 0.3 is 5.97 Å². The van der Waals surface area contributed by atoms with Gasteiger partial charge in [0, 0.05) is 5.56 Å². The molecule has 1 rings (SSSR count). The second kappa shape index (κ2) is 5.47. The molecular weight excluding hydrogens is 252 g/mol. The number of aromatic hydroxyl groups is 1. The van der Waals surface area contributed by atoms with Gasteiger partial charge in [0.1, 0.15) is 5.75 Å². The van der Waals surface area contributed by atoms with E-state index in [1.165, 1.54) is 0 Å². The van der Waals surface area contributed by atoms with Crippen LogP contribution in [0.4, 0.5) is 0 Å². The Morgan fingerprint density at radius 3 is 2.15 bits per heavy atom. The van der Waals surface area contributed by atoms with Crippen molar-refractivity contribution < 1.29 is 15.0 Å². The molecule has 0 fully saturated rings. The lowest BCUT2D eigenvalue weighted by atomic mass is 9.71. The van der Waals surface area contributed by atoms with Crippen molar-refractivity contribution in [3.05, 3.63) is 28.8 Å². The SMILES string of the molecule is Cc1cc(CC(=O)O)cc(C(C)(C)CC(C)(C)C)c1O. The van der Waals surface area contributed by atoms with Gasteiger partial charge in [-0.25, -0.2) is 0 Å². The van der Waals surface area contributed by atoms with Crippen molar-refractivity contribution in [1.29, 1.82) is 0 Å². The van der Waals surface area contributed by atoms with Gasteiger partial charge in [-0.2, -0.15) is 0 Å². The highest BCUT2D eigenvalue weighted by Crippen LogP contribution is 2.41. The zero-order valence-electron chi connectivity index (χ0n) is 13.4. The number of hydrogen-bond donors (Lipinski definition) is 2. The first kappa shape index (κ1) is 16.5. The number of rotatable bonds is 4. The molecule has 0 saturated carbocycles. The van der Waals surface area contributed by atoms with Crippen LogP contribution < -0.4 is 0 Å². The van der Waals surface area contributed by atoms with E-state index >= 15 is 0 Å². The van der Waals surface area contributed by atoms with E-state index in [2.05, 4.69) is 34.6 Å². The van der Waals surface area contributed by atoms with Crippen LogP contribution in [0.25, 0.3) is 0 Å². The molecule has 1 aromatic rings. The van der Waals surface area contributed by atoms with Crippen LogP contribution in [-0.2, 0) is 16.6 Å². The molecule has 0 heterocycles. The lowest BCUT2D eigenvalue weighted by Crippen LogP contribution is -2.25. The van der Waals surface area contributed by atoms with E-state index in [1.807, 2.05) is 13.0 Å². The fraction of sp³-hybridized carbons (Fsp3) is 0.588. The topological polar surface area (TPSA) is 57.5 Å². The van der Waals surface area contributed by atoms with Crippen molar-refractivity contribution >= 4 is 5.97 Å². The first-order valence-electron chi connectivity index (χ1n) is 6.97. The molecule has 0 aliphatic rings. The van der Waals surface area contributed by atoms with Crippen LogP contribution >= 0.6 is 0 Å². The molecule has 20 heavy (non-hydrogen) atoms. The molecule has 3 heteroatoms. The standard InChI is InChI=1S/C17H26O3/c1-11-7-12(9-14(18)19)8-13(15(11)20)17(5,6)10-16(2,3)4/h7-8,20H,9-10H2,1-6H3,(H,18,19). The summed E-state index contributed by atoms with van der Waals surface area (Å²) in [5.41, 5.74) is 2.24. The summed E-state index contributed by atoms with van der Waals surface area (Å²) in [6.45, 7) is 12.5. The molecule has 112 valence electrons. The number of carboxylic acid groups (broad SMARTS) is 1. The number of carbonyl (C=O) groups is 1. The van der Waals surface area contributed by atoms with Gasteiger partial charge in [0.15, 0.2) is 0 Å². The van der Waals surface area contributed by atoms with E-state index in [0.717, 1.165) is 23.1 Å². The van der Waals surface area contributed by atoms with Crippen molar-refractivity contribution in [3.63, 3.8) is 0 Å². The Bertz CT molecular complexity index is 508. The lowest BCUT2D eigenvalue weighted by Gasteiger charge is -2.34. The number of hydrogen-bond acceptors (Lipinski definition) is 2. The Labute approximate surface area is 121 Å². The molecule has 0 aromatic heterocycles. The molecule has 0 bridgehead atoms. The second-order valence-electron chi connectivity index (χ2n) is 7.50. The highest BCUT2D eigenvalue weighted by Gasteiger charge is 2.30. The number of carboxylic acids is 1. The van der Waals surface area contributed by atoms with Gasteiger partial charge in [-0.3, -0.25) is 4.79 Å². The number of aryl methyl sites for hydroxylation is 1. The van der Waals surface area contributed by atoms with Gasteiger partial charge in [-0.1, -0.05) is 46.8 Å². The van der Waals surface area contributed by atoms with Gasteiger partial charge < -0.3 is 10.2 Å². The highest BCUT2D eigenvalue weighted by molar-refractivity contribution is 5.70. The predicted molar refractivity (Wildman–Crippen MR) is 81.3 cm³/mol. The summed E-state index contributed by atoms with van der Waals surface area (Å²) in [7, 11) is 0. The van der Waals surface area contributed by atoms with E-state index in [1.54, 1.807) is 6.07 Å². The van der Waals surface area contributed by atoms with Crippen molar-refractivity contribution in [1.82, 2.24) is 0 Å². The zero-order valence-corrected chi connectivity index (χ0v) is 13.4. The molecule has 0 unspecified atom stereocenters. The summed E-state index contributed by atoms with van der Waals surface area (Å²) in [4.78, 5) is 10.9. The molecule has 0 aliphatic carbocycles. The maximum atomic E-state index is 10.9. The maximum absolute atomic E-state index is 10.9. The molecule has 0 spiro atoms. The summed E-state index contributed by atoms with van der Waals surface area (Å²) < 4.78 is 0. The minimum absolute atomic E-state index is 0.0142. The summed E-state index contributed by atoms with van der Waals surface area (Å²) >= 11 is 0. The average Bonchev–Trinajstić information content (AvgIpc) is 2.18. The normalized spacial score (nSPS) is 12.5. The third-order valence-corrected chi connectivity index (χ3v) is 3.42. The molecule has 3 nitrogen and oxygen atoms in total. The first-order chi connectivity index (χ1) is 8.92. The Hall–Kier alpha value is -1.51. The summed E-state index contributed by atoms with van der Waals surface area (Å²) in [5, 5.41) is 19.3. The Morgan fingerprint density at radius 2 is 1.70 bits per heavy atom. The molecule has 0 saturated heterocycles. The molecular formula is C17H26O3. The summed E-state index contributed by atoms with van der Waals surface area (Å²) in [6, 6.07) is 3.59. The van der Waals surface area contributed by atoms with E-state index in [9.17, 15) is 9.90 Å². The van der Waals surface area contributed by atoms with Crippen molar-refractivity contribution in [2.24, 2.45) is 5.41 Å². The van der Waals surface area contributed by atoms with Gasteiger partial charge in [0.2, 0.25) is 0 Å². The second-order valence-corrected chi connectivity index (χ2v) is 7.50. The van der Waals surface area contributed by atoms with E-state index in [4.69, 9.17) is 5.11 Å². The van der Waals surface area contributed by atoms with Crippen molar-refractivity contribution in [2.75, 3.05) is 0 Å². The third kappa shape index (κ3) is 4.26. The Kier molecular flexibility index (Phi) is 4.52. The van der Waals surface area contributed by atoms with Gasteiger partial charge in [0.25, 0.3) is 0 Å². The molecule has 0 radical (unpaired) electrons. The zero-order chi connectivity index (χ0) is 15.7. The highest BCUT2D eigenvalue weighted by atomic mass is 16.4. The lowest BCUT2D eigenvalue weighted by molar-refractivity contribution is -0.136. The maximum Gasteiger partial charge on any atom is 0.307 e. The van der Waals surface area contributed by atoms with Crippen LogP contribution in [0.3, 0.4) is 0 Å². The van der Waals surface area contributed by atoms with Gasteiger partial charge in [0.05, 0.1) is 6.42 Å². The Balaban J connectivity index is 3.28. The Morgan fingerprint density at radius 1 is 1.15 bits per heavy atom. The number of phenolic OH excluding ortho intramolecular Hbond substituents is 1. The largest absolute Gasteiger partial charge is 0.507 e. The average molecular weight is 278 g/mol. The van der Waals surface area contributed by atoms with Gasteiger partial charge in [-0.05, 0) is 35.3 Å². The van der Waals surface area contributed by atoms with Crippen LogP contribution in [-0.4, -0.2) is 16.2 Å². The molecule has 0 atom stereocenters. The quantitative estimate of drug-likeness (QED) is 0.873. The number of benzene rings is 1. The summed E-state index contributed by atoms with van der Waals surface area (Å²) in [5.74, 6) is -0.567. The van der Waals surface area contributed by atoms with Crippen LogP contribution in [0.5, 0.6) is 5.75 Å². The van der Waals surface area contributed by atoms with Crippen LogP contribution in [0.15, 0.2) is 12.1 Å². The first-order valence-corrected chi connectivity index (χ1v) is 6.97. The van der Waals surface area contributed by atoms with Crippen LogP contribution in [0, 0.1) is 12.3 Å². The van der Waals surface area contributed by atoms with E-state index in [0.29, 0.717) is 0 Å². The van der Waals surface area contributed by atoms with Crippen LogP contribution in [0.2, 0.25) is 0 Å².